The average molecular weight is 499 g/mol. The second-order valence-corrected chi connectivity index (χ2v) is 10.0. The Morgan fingerprint density at radius 1 is 1.00 bits per heavy atom. The van der Waals surface area contributed by atoms with Crippen molar-refractivity contribution in [2.75, 3.05) is 38.5 Å². The maximum Gasteiger partial charge on any atom is 0.225 e. The first kappa shape index (κ1) is 25.3. The van der Waals surface area contributed by atoms with Crippen LogP contribution in [0.1, 0.15) is 55.3 Å². The average Bonchev–Trinajstić information content (AvgIpc) is 2.87. The second kappa shape index (κ2) is 11.7. The number of benzene rings is 1. The Kier molecular flexibility index (Phi) is 8.49. The molecule has 0 unspecified atom stereocenters. The van der Waals surface area contributed by atoms with Crippen molar-refractivity contribution < 1.29 is 9.47 Å². The maximum absolute atomic E-state index is 5.56. The smallest absolute Gasteiger partial charge is 0.225 e. The zero-order chi connectivity index (χ0) is 24.8. The van der Waals surface area contributed by atoms with Gasteiger partial charge in [0.25, 0.3) is 0 Å². The number of ether oxygens (including phenoxy) is 2. The normalized spacial score (nSPS) is 19.3. The molecule has 0 aliphatic heterocycles. The summed E-state index contributed by atoms with van der Waals surface area (Å²) in [5.41, 5.74) is 3.63. The van der Waals surface area contributed by atoms with Gasteiger partial charge in [0.1, 0.15) is 5.82 Å². The lowest BCUT2D eigenvalue weighted by Crippen LogP contribution is -2.44. The van der Waals surface area contributed by atoms with Crippen LogP contribution in [0.15, 0.2) is 18.2 Å². The van der Waals surface area contributed by atoms with Gasteiger partial charge in [0.2, 0.25) is 5.95 Å². The summed E-state index contributed by atoms with van der Waals surface area (Å²) in [7, 11) is 7.42. The van der Waals surface area contributed by atoms with E-state index in [-0.39, 0.29) is 0 Å². The lowest BCUT2D eigenvalue weighted by Gasteiger charge is -2.31. The van der Waals surface area contributed by atoms with E-state index in [2.05, 4.69) is 34.9 Å². The molecule has 0 saturated heterocycles. The molecule has 0 atom stereocenters. The number of nitrogens with zero attached hydrogens (tertiary/aromatic N) is 3. The number of aryl methyl sites for hydroxylation is 1. The minimum atomic E-state index is 0.375. The Balaban J connectivity index is 1.25. The molecule has 0 spiro atoms. The molecule has 1 heterocycles. The SMILES string of the molecule is COc1ccc(CNC(=S)N[C@H]2CC[C@@H](Nc3nc4c(c(N(C)C)n3)CCCC4)CC2)cc1OC. The van der Waals surface area contributed by atoms with Gasteiger partial charge in [-0.25, -0.2) is 4.98 Å². The van der Waals surface area contributed by atoms with Crippen LogP contribution in [0.3, 0.4) is 0 Å². The van der Waals surface area contributed by atoms with Crippen molar-refractivity contribution in [1.82, 2.24) is 20.6 Å². The van der Waals surface area contributed by atoms with Gasteiger partial charge in [-0.05, 0) is 81.3 Å². The highest BCUT2D eigenvalue weighted by atomic mass is 32.1. The van der Waals surface area contributed by atoms with Crippen molar-refractivity contribution in [3.63, 3.8) is 0 Å². The van der Waals surface area contributed by atoms with Gasteiger partial charge in [-0.2, -0.15) is 4.98 Å². The predicted octanol–water partition coefficient (Wildman–Crippen LogP) is 3.83. The third kappa shape index (κ3) is 6.45. The van der Waals surface area contributed by atoms with Crippen LogP contribution in [0.2, 0.25) is 0 Å². The Morgan fingerprint density at radius 3 is 2.43 bits per heavy atom. The topological polar surface area (TPSA) is 83.6 Å². The molecule has 0 bridgehead atoms. The first-order chi connectivity index (χ1) is 17.0. The highest BCUT2D eigenvalue weighted by molar-refractivity contribution is 7.80. The number of thiocarbonyl (C=S) groups is 1. The third-order valence-electron chi connectivity index (χ3n) is 6.88. The number of hydrogen-bond acceptors (Lipinski definition) is 7. The standard InChI is InChI=1S/C26H38N6O2S/c1-32(2)24-20-7-5-6-8-21(20)30-25(31-24)28-18-10-12-19(13-11-18)29-26(35)27-16-17-9-14-22(33-3)23(15-17)34-4/h9,14-15,18-19H,5-8,10-13,16H2,1-4H3,(H2,27,29,35)(H,28,30,31)/t18-,19+. The van der Waals surface area contributed by atoms with Crippen molar-refractivity contribution in [1.29, 1.82) is 0 Å². The Bertz CT molecular complexity index is 1020. The quantitative estimate of drug-likeness (QED) is 0.470. The molecule has 190 valence electrons. The lowest BCUT2D eigenvalue weighted by molar-refractivity contribution is 0.354. The molecule has 1 fully saturated rings. The van der Waals surface area contributed by atoms with Gasteiger partial charge in [-0.3, -0.25) is 0 Å². The number of aromatic nitrogens is 2. The maximum atomic E-state index is 5.56. The monoisotopic (exact) mass is 498 g/mol. The second-order valence-electron chi connectivity index (χ2n) is 9.61. The predicted molar refractivity (Wildman–Crippen MR) is 145 cm³/mol. The van der Waals surface area contributed by atoms with E-state index in [4.69, 9.17) is 31.7 Å². The van der Waals surface area contributed by atoms with Crippen LogP contribution in [0.4, 0.5) is 11.8 Å². The molecular weight excluding hydrogens is 460 g/mol. The third-order valence-corrected chi connectivity index (χ3v) is 7.14. The van der Waals surface area contributed by atoms with Crippen LogP contribution in [0.5, 0.6) is 11.5 Å². The molecule has 8 nitrogen and oxygen atoms in total. The van der Waals surface area contributed by atoms with Crippen molar-refractivity contribution in [2.24, 2.45) is 0 Å². The first-order valence-corrected chi connectivity index (χ1v) is 13.0. The summed E-state index contributed by atoms with van der Waals surface area (Å²) in [5.74, 6) is 3.29. The van der Waals surface area contributed by atoms with Crippen LogP contribution in [0, 0.1) is 0 Å². The summed E-state index contributed by atoms with van der Waals surface area (Å²) in [6, 6.07) is 6.65. The summed E-state index contributed by atoms with van der Waals surface area (Å²) in [5, 5.41) is 11.1. The van der Waals surface area contributed by atoms with Crippen LogP contribution in [0.25, 0.3) is 0 Å². The summed E-state index contributed by atoms with van der Waals surface area (Å²) in [6.07, 6.45) is 8.82. The van der Waals surface area contributed by atoms with Crippen molar-refractivity contribution >= 4 is 29.1 Å². The first-order valence-electron chi connectivity index (χ1n) is 12.6. The van der Waals surface area contributed by atoms with E-state index in [0.717, 1.165) is 67.4 Å². The highest BCUT2D eigenvalue weighted by Gasteiger charge is 2.24. The minimum Gasteiger partial charge on any atom is -0.493 e. The summed E-state index contributed by atoms with van der Waals surface area (Å²) < 4.78 is 10.7. The highest BCUT2D eigenvalue weighted by Crippen LogP contribution is 2.30. The van der Waals surface area contributed by atoms with Gasteiger partial charge in [-0.1, -0.05) is 6.07 Å². The number of hydrogen-bond donors (Lipinski definition) is 3. The molecule has 3 N–H and O–H groups in total. The number of rotatable bonds is 8. The minimum absolute atomic E-state index is 0.375. The molecule has 1 aromatic carbocycles. The van der Waals surface area contributed by atoms with Crippen LogP contribution < -0.4 is 30.3 Å². The zero-order valence-electron chi connectivity index (χ0n) is 21.3. The molecule has 2 aliphatic carbocycles. The molecule has 0 amide bonds. The van der Waals surface area contributed by atoms with Gasteiger partial charge < -0.3 is 30.3 Å². The van der Waals surface area contributed by atoms with Crippen LogP contribution >= 0.6 is 12.2 Å². The number of methoxy groups -OCH3 is 2. The van der Waals surface area contributed by atoms with E-state index in [1.165, 1.54) is 24.1 Å². The molecule has 1 aromatic heterocycles. The van der Waals surface area contributed by atoms with Gasteiger partial charge in [0.05, 0.1) is 19.9 Å². The van der Waals surface area contributed by atoms with E-state index in [9.17, 15) is 0 Å². The van der Waals surface area contributed by atoms with E-state index in [0.29, 0.717) is 23.7 Å². The van der Waals surface area contributed by atoms with E-state index in [1.807, 2.05) is 18.2 Å². The fourth-order valence-corrected chi connectivity index (χ4v) is 5.22. The van der Waals surface area contributed by atoms with Crippen LogP contribution in [-0.2, 0) is 19.4 Å². The molecular formula is C26H38N6O2S. The summed E-state index contributed by atoms with van der Waals surface area (Å²) in [4.78, 5) is 11.9. The molecule has 0 radical (unpaired) electrons. The van der Waals surface area contributed by atoms with Gasteiger partial charge in [-0.15, -0.1) is 0 Å². The molecule has 9 heteroatoms. The lowest BCUT2D eigenvalue weighted by atomic mass is 9.91. The Labute approximate surface area is 214 Å². The van der Waals surface area contributed by atoms with Crippen LogP contribution in [-0.4, -0.2) is 55.5 Å². The fourth-order valence-electron chi connectivity index (χ4n) is 4.98. The molecule has 35 heavy (non-hydrogen) atoms. The Hall–Kier alpha value is -2.81. The number of anilines is 2. The number of nitrogens with one attached hydrogen (secondary N) is 3. The van der Waals surface area contributed by atoms with Crippen molar-refractivity contribution in [2.45, 2.75) is 70.0 Å². The molecule has 2 aromatic rings. The summed E-state index contributed by atoms with van der Waals surface area (Å²) >= 11 is 5.56. The molecule has 1 saturated carbocycles. The largest absolute Gasteiger partial charge is 0.493 e. The fraction of sp³-hybridized carbons (Fsp3) is 0.577. The van der Waals surface area contributed by atoms with Gasteiger partial charge in [0, 0.05) is 38.3 Å². The van der Waals surface area contributed by atoms with E-state index in [1.54, 1.807) is 14.2 Å². The summed E-state index contributed by atoms with van der Waals surface area (Å²) in [6.45, 7) is 0.632. The van der Waals surface area contributed by atoms with Crippen molar-refractivity contribution in [3.8, 4) is 11.5 Å². The van der Waals surface area contributed by atoms with E-state index < -0.39 is 0 Å². The van der Waals surface area contributed by atoms with E-state index >= 15 is 0 Å². The molecule has 2 aliphatic rings. The Morgan fingerprint density at radius 2 is 1.71 bits per heavy atom. The van der Waals surface area contributed by atoms with Gasteiger partial charge in [0.15, 0.2) is 16.6 Å². The zero-order valence-corrected chi connectivity index (χ0v) is 22.1. The number of fused-ring (bicyclic) bond motifs is 1. The molecule has 4 rings (SSSR count). The van der Waals surface area contributed by atoms with Gasteiger partial charge >= 0.3 is 0 Å². The van der Waals surface area contributed by atoms with Crippen molar-refractivity contribution in [3.05, 3.63) is 35.0 Å².